The van der Waals surface area contributed by atoms with Crippen molar-refractivity contribution < 1.29 is 0 Å². The molecule has 0 spiro atoms. The van der Waals surface area contributed by atoms with Gasteiger partial charge >= 0.3 is 0 Å². The highest BCUT2D eigenvalue weighted by Gasteiger charge is 2.39. The van der Waals surface area contributed by atoms with Crippen LogP contribution in [0.1, 0.15) is 39.0 Å². The molecule has 0 saturated carbocycles. The van der Waals surface area contributed by atoms with Gasteiger partial charge in [0.25, 0.3) is 0 Å². The zero-order valence-corrected chi connectivity index (χ0v) is 9.46. The molecule has 2 heterocycles. The largest absolute Gasteiger partial charge is 0.311 e. The first-order valence-corrected chi connectivity index (χ1v) is 6.85. The van der Waals surface area contributed by atoms with Gasteiger partial charge in [-0.05, 0) is 49.7 Å². The van der Waals surface area contributed by atoms with Crippen LogP contribution in [0.2, 0.25) is 0 Å². The summed E-state index contributed by atoms with van der Waals surface area (Å²) in [6.07, 6.45) is 7.04. The molecule has 2 saturated heterocycles. The average molecular weight is 199 g/mol. The van der Waals surface area contributed by atoms with E-state index in [0.717, 1.165) is 5.92 Å². The number of nitrogens with one attached hydrogen (secondary N) is 1. The first kappa shape index (κ1) is 9.85. The second kappa shape index (κ2) is 4.22. The normalized spacial score (nSPS) is 40.8. The zero-order valence-electron chi connectivity index (χ0n) is 8.64. The van der Waals surface area contributed by atoms with Crippen molar-refractivity contribution in [1.82, 2.24) is 5.32 Å². The lowest BCUT2D eigenvalue weighted by molar-refractivity contribution is 0.169. The lowest BCUT2D eigenvalue weighted by atomic mass is 9.75. The van der Waals surface area contributed by atoms with Gasteiger partial charge < -0.3 is 5.32 Å². The molecule has 13 heavy (non-hydrogen) atoms. The molecular weight excluding hydrogens is 178 g/mol. The maximum Gasteiger partial charge on any atom is 0.0215 e. The molecule has 2 unspecified atom stereocenters. The lowest BCUT2D eigenvalue weighted by Crippen LogP contribution is -2.53. The lowest BCUT2D eigenvalue weighted by Gasteiger charge is -2.42. The van der Waals surface area contributed by atoms with Crippen molar-refractivity contribution in [2.75, 3.05) is 18.1 Å². The fourth-order valence-corrected chi connectivity index (χ4v) is 4.29. The fraction of sp³-hybridized carbons (Fsp3) is 1.00. The third kappa shape index (κ3) is 1.89. The van der Waals surface area contributed by atoms with Crippen molar-refractivity contribution in [2.24, 2.45) is 5.92 Å². The molecule has 0 aromatic carbocycles. The molecule has 0 amide bonds. The Labute approximate surface area is 86.0 Å². The molecule has 0 aromatic heterocycles. The Morgan fingerprint density at radius 3 is 2.92 bits per heavy atom. The van der Waals surface area contributed by atoms with Crippen LogP contribution >= 0.6 is 11.8 Å². The first-order valence-electron chi connectivity index (χ1n) is 5.70. The molecule has 2 fully saturated rings. The third-order valence-corrected chi connectivity index (χ3v) is 5.03. The van der Waals surface area contributed by atoms with Crippen LogP contribution in [0.25, 0.3) is 0 Å². The van der Waals surface area contributed by atoms with Crippen LogP contribution in [0.15, 0.2) is 0 Å². The summed E-state index contributed by atoms with van der Waals surface area (Å²) in [5.74, 6) is 3.76. The molecule has 2 aliphatic rings. The van der Waals surface area contributed by atoms with E-state index in [2.05, 4.69) is 24.0 Å². The Morgan fingerprint density at radius 1 is 1.46 bits per heavy atom. The topological polar surface area (TPSA) is 12.0 Å². The summed E-state index contributed by atoms with van der Waals surface area (Å²) in [6.45, 7) is 3.62. The van der Waals surface area contributed by atoms with Crippen LogP contribution in [0.3, 0.4) is 0 Å². The van der Waals surface area contributed by atoms with Crippen molar-refractivity contribution in [1.29, 1.82) is 0 Å². The fourth-order valence-electron chi connectivity index (χ4n) is 2.90. The quantitative estimate of drug-likeness (QED) is 0.734. The minimum Gasteiger partial charge on any atom is -0.311 e. The number of hydrogen-bond donors (Lipinski definition) is 1. The summed E-state index contributed by atoms with van der Waals surface area (Å²) >= 11 is 2.15. The Hall–Kier alpha value is 0.310. The standard InChI is InChI=1S/C11H21NS/c1-2-11(6-3-4-7-12-11)10-5-8-13-9-10/h10,12H,2-9H2,1H3. The van der Waals surface area contributed by atoms with E-state index < -0.39 is 0 Å². The second-order valence-electron chi connectivity index (χ2n) is 4.45. The summed E-state index contributed by atoms with van der Waals surface area (Å²) in [6, 6.07) is 0. The van der Waals surface area contributed by atoms with Crippen molar-refractivity contribution in [3.63, 3.8) is 0 Å². The van der Waals surface area contributed by atoms with Crippen LogP contribution in [0.5, 0.6) is 0 Å². The number of piperidine rings is 1. The summed E-state index contributed by atoms with van der Waals surface area (Å²) in [7, 11) is 0. The highest BCUT2D eigenvalue weighted by molar-refractivity contribution is 7.99. The van der Waals surface area contributed by atoms with Crippen molar-refractivity contribution in [2.45, 2.75) is 44.6 Å². The molecule has 0 radical (unpaired) electrons. The average Bonchev–Trinajstić information content (AvgIpc) is 2.72. The van der Waals surface area contributed by atoms with Gasteiger partial charge in [-0.3, -0.25) is 0 Å². The number of thioether (sulfide) groups is 1. The summed E-state index contributed by atoms with van der Waals surface area (Å²) in [5.41, 5.74) is 0.530. The first-order chi connectivity index (χ1) is 6.37. The van der Waals surface area contributed by atoms with E-state index in [1.54, 1.807) is 0 Å². The highest BCUT2D eigenvalue weighted by Crippen LogP contribution is 2.38. The van der Waals surface area contributed by atoms with Gasteiger partial charge in [0.15, 0.2) is 0 Å². The Morgan fingerprint density at radius 2 is 2.38 bits per heavy atom. The zero-order chi connectivity index (χ0) is 9.15. The molecule has 1 N–H and O–H groups in total. The van der Waals surface area contributed by atoms with E-state index in [9.17, 15) is 0 Å². The summed E-state index contributed by atoms with van der Waals surface area (Å²) < 4.78 is 0. The van der Waals surface area contributed by atoms with Crippen molar-refractivity contribution in [3.8, 4) is 0 Å². The molecule has 1 nitrogen and oxygen atoms in total. The van der Waals surface area contributed by atoms with Gasteiger partial charge in [-0.15, -0.1) is 0 Å². The van der Waals surface area contributed by atoms with Gasteiger partial charge in [0.1, 0.15) is 0 Å². The van der Waals surface area contributed by atoms with E-state index in [1.807, 2.05) is 0 Å². The van der Waals surface area contributed by atoms with Crippen LogP contribution in [-0.2, 0) is 0 Å². The predicted molar refractivity (Wildman–Crippen MR) is 60.3 cm³/mol. The smallest absolute Gasteiger partial charge is 0.0215 e. The molecule has 2 aliphatic heterocycles. The van der Waals surface area contributed by atoms with Gasteiger partial charge in [0, 0.05) is 5.54 Å². The molecule has 2 rings (SSSR count). The minimum absolute atomic E-state index is 0.530. The van der Waals surface area contributed by atoms with E-state index in [-0.39, 0.29) is 0 Å². The monoisotopic (exact) mass is 199 g/mol. The molecule has 76 valence electrons. The Balaban J connectivity index is 2.03. The van der Waals surface area contributed by atoms with Gasteiger partial charge in [0.05, 0.1) is 0 Å². The van der Waals surface area contributed by atoms with Gasteiger partial charge in [-0.2, -0.15) is 11.8 Å². The number of hydrogen-bond acceptors (Lipinski definition) is 2. The minimum atomic E-state index is 0.530. The van der Waals surface area contributed by atoms with Crippen molar-refractivity contribution in [3.05, 3.63) is 0 Å². The van der Waals surface area contributed by atoms with Gasteiger partial charge in [-0.25, -0.2) is 0 Å². The van der Waals surface area contributed by atoms with E-state index >= 15 is 0 Å². The molecule has 2 atom stereocenters. The van der Waals surface area contributed by atoms with E-state index in [4.69, 9.17) is 0 Å². The van der Waals surface area contributed by atoms with Gasteiger partial charge in [0.2, 0.25) is 0 Å². The van der Waals surface area contributed by atoms with Gasteiger partial charge in [-0.1, -0.05) is 13.3 Å². The van der Waals surface area contributed by atoms with Crippen LogP contribution in [-0.4, -0.2) is 23.6 Å². The Kier molecular flexibility index (Phi) is 3.20. The third-order valence-electron chi connectivity index (χ3n) is 3.87. The molecular formula is C11H21NS. The summed E-state index contributed by atoms with van der Waals surface area (Å²) in [4.78, 5) is 0. The van der Waals surface area contributed by atoms with E-state index in [0.29, 0.717) is 5.54 Å². The molecule has 0 aliphatic carbocycles. The molecule has 2 heteroatoms. The van der Waals surface area contributed by atoms with Crippen molar-refractivity contribution >= 4 is 11.8 Å². The highest BCUT2D eigenvalue weighted by atomic mass is 32.2. The van der Waals surface area contributed by atoms with Crippen LogP contribution in [0.4, 0.5) is 0 Å². The second-order valence-corrected chi connectivity index (χ2v) is 5.60. The number of rotatable bonds is 2. The molecule has 0 bridgehead atoms. The maximum absolute atomic E-state index is 3.81. The molecule has 0 aromatic rings. The predicted octanol–water partition coefficient (Wildman–Crippen LogP) is 2.66. The summed E-state index contributed by atoms with van der Waals surface area (Å²) in [5, 5.41) is 3.81. The SMILES string of the molecule is CCC1(C2CCSC2)CCCCN1. The maximum atomic E-state index is 3.81. The Bertz CT molecular complexity index is 157. The van der Waals surface area contributed by atoms with Crippen LogP contribution in [0, 0.1) is 5.92 Å². The van der Waals surface area contributed by atoms with Crippen LogP contribution < -0.4 is 5.32 Å². The van der Waals surface area contributed by atoms with E-state index in [1.165, 1.54) is 50.2 Å².